The molecule has 26 heavy (non-hydrogen) atoms. The molecular formula is C18H16N6O2. The van der Waals surface area contributed by atoms with Crippen molar-refractivity contribution in [2.24, 2.45) is 0 Å². The molecule has 3 aromatic heterocycles. The number of hydrogen-bond acceptors (Lipinski definition) is 6. The molecule has 0 aliphatic carbocycles. The lowest BCUT2D eigenvalue weighted by Crippen LogP contribution is -2.15. The van der Waals surface area contributed by atoms with Crippen LogP contribution in [0.5, 0.6) is 5.75 Å². The maximum absolute atomic E-state index is 12.6. The van der Waals surface area contributed by atoms with Crippen molar-refractivity contribution in [3.63, 3.8) is 0 Å². The van der Waals surface area contributed by atoms with Gasteiger partial charge in [0.1, 0.15) is 11.4 Å². The van der Waals surface area contributed by atoms with E-state index in [0.717, 1.165) is 22.5 Å². The Balaban J connectivity index is 1.70. The zero-order chi connectivity index (χ0) is 18.1. The molecule has 8 heteroatoms. The minimum atomic E-state index is -0.320. The van der Waals surface area contributed by atoms with Crippen LogP contribution in [-0.4, -0.2) is 39.4 Å². The molecule has 1 aromatic carbocycles. The molecule has 4 aromatic rings. The highest BCUT2D eigenvalue weighted by atomic mass is 16.5. The molecule has 1 amide bonds. The van der Waals surface area contributed by atoms with Crippen molar-refractivity contribution in [1.82, 2.24) is 19.4 Å². The number of nitrogens with one attached hydrogen (secondary N) is 2. The van der Waals surface area contributed by atoms with E-state index in [2.05, 4.69) is 25.6 Å². The van der Waals surface area contributed by atoms with Crippen LogP contribution in [0.1, 0.15) is 10.5 Å². The van der Waals surface area contributed by atoms with Crippen LogP contribution >= 0.6 is 0 Å². The Morgan fingerprint density at radius 2 is 2.04 bits per heavy atom. The molecule has 130 valence electrons. The molecule has 0 atom stereocenters. The average molecular weight is 348 g/mol. The van der Waals surface area contributed by atoms with Gasteiger partial charge in [-0.25, -0.2) is 9.97 Å². The normalized spacial score (nSPS) is 10.8. The van der Waals surface area contributed by atoms with E-state index in [-0.39, 0.29) is 11.6 Å². The van der Waals surface area contributed by atoms with Gasteiger partial charge in [0, 0.05) is 25.5 Å². The Hall–Kier alpha value is -3.68. The summed E-state index contributed by atoms with van der Waals surface area (Å²) in [5.41, 5.74) is 3.28. The van der Waals surface area contributed by atoms with Gasteiger partial charge in [-0.3, -0.25) is 14.2 Å². The third-order valence-electron chi connectivity index (χ3n) is 4.05. The molecule has 0 radical (unpaired) electrons. The first-order valence-electron chi connectivity index (χ1n) is 7.95. The second-order valence-electron chi connectivity index (χ2n) is 5.57. The summed E-state index contributed by atoms with van der Waals surface area (Å²) < 4.78 is 7.05. The van der Waals surface area contributed by atoms with Crippen LogP contribution in [0.25, 0.3) is 16.8 Å². The lowest BCUT2D eigenvalue weighted by Gasteiger charge is -2.09. The van der Waals surface area contributed by atoms with Gasteiger partial charge in [0.05, 0.1) is 35.7 Å². The molecule has 0 unspecified atom stereocenters. The monoisotopic (exact) mass is 348 g/mol. The third-order valence-corrected chi connectivity index (χ3v) is 4.05. The lowest BCUT2D eigenvalue weighted by molar-refractivity contribution is 0.102. The van der Waals surface area contributed by atoms with Crippen LogP contribution in [0.2, 0.25) is 0 Å². The summed E-state index contributed by atoms with van der Waals surface area (Å²) in [6.07, 6.45) is 5.04. The quantitative estimate of drug-likeness (QED) is 0.589. The first kappa shape index (κ1) is 15.8. The molecule has 0 fully saturated rings. The van der Waals surface area contributed by atoms with Crippen molar-refractivity contribution in [3.05, 3.63) is 54.6 Å². The number of carbonyl (C=O) groups excluding carboxylic acids is 1. The number of carbonyl (C=O) groups is 1. The van der Waals surface area contributed by atoms with Crippen LogP contribution < -0.4 is 15.4 Å². The summed E-state index contributed by atoms with van der Waals surface area (Å²) in [6.45, 7) is 0. The Bertz CT molecular complexity index is 1120. The van der Waals surface area contributed by atoms with E-state index in [9.17, 15) is 4.79 Å². The highest BCUT2D eigenvalue weighted by Gasteiger charge is 2.13. The minimum Gasteiger partial charge on any atom is -0.497 e. The number of fused-ring (bicyclic) bond motifs is 3. The van der Waals surface area contributed by atoms with E-state index in [1.54, 1.807) is 44.9 Å². The lowest BCUT2D eigenvalue weighted by atomic mass is 10.3. The summed E-state index contributed by atoms with van der Waals surface area (Å²) in [4.78, 5) is 25.4. The minimum absolute atomic E-state index is 0.277. The first-order valence-corrected chi connectivity index (χ1v) is 7.95. The summed E-state index contributed by atoms with van der Waals surface area (Å²) in [6, 6.07) is 8.98. The molecule has 8 nitrogen and oxygen atoms in total. The van der Waals surface area contributed by atoms with Crippen molar-refractivity contribution in [2.45, 2.75) is 0 Å². The fraction of sp³-hybridized carbons (Fsp3) is 0.111. The molecule has 0 saturated carbocycles. The van der Waals surface area contributed by atoms with Gasteiger partial charge < -0.3 is 15.4 Å². The van der Waals surface area contributed by atoms with E-state index >= 15 is 0 Å². The highest BCUT2D eigenvalue weighted by Crippen LogP contribution is 2.22. The fourth-order valence-electron chi connectivity index (χ4n) is 2.72. The van der Waals surface area contributed by atoms with Crippen LogP contribution in [0.15, 0.2) is 48.9 Å². The number of aromatic nitrogens is 4. The predicted molar refractivity (Wildman–Crippen MR) is 98.8 cm³/mol. The topological polar surface area (TPSA) is 93.4 Å². The number of hydrogen-bond donors (Lipinski definition) is 2. The number of nitrogens with zero attached hydrogens (tertiary/aromatic N) is 4. The van der Waals surface area contributed by atoms with E-state index in [1.807, 2.05) is 22.6 Å². The molecule has 3 heterocycles. The number of rotatable bonds is 4. The van der Waals surface area contributed by atoms with E-state index in [4.69, 9.17) is 4.74 Å². The third kappa shape index (κ3) is 2.67. The van der Waals surface area contributed by atoms with Crippen molar-refractivity contribution in [3.8, 4) is 5.75 Å². The SMILES string of the molecule is CNc1cnccc1NC(=O)c1ccn2c(n1)nc1cc(OC)ccc12. The molecule has 0 saturated heterocycles. The van der Waals surface area contributed by atoms with E-state index < -0.39 is 0 Å². The zero-order valence-electron chi connectivity index (χ0n) is 14.2. The second-order valence-corrected chi connectivity index (χ2v) is 5.57. The van der Waals surface area contributed by atoms with Crippen LogP contribution in [0.3, 0.4) is 0 Å². The number of anilines is 2. The number of pyridine rings is 1. The number of imidazole rings is 1. The second kappa shape index (κ2) is 6.32. The predicted octanol–water partition coefficient (Wildman–Crippen LogP) is 2.58. The Kier molecular flexibility index (Phi) is 3.85. The van der Waals surface area contributed by atoms with Crippen molar-refractivity contribution < 1.29 is 9.53 Å². The molecule has 2 N–H and O–H groups in total. The summed E-state index contributed by atoms with van der Waals surface area (Å²) in [5.74, 6) is 0.848. The van der Waals surface area contributed by atoms with Gasteiger partial charge in [0.15, 0.2) is 0 Å². The average Bonchev–Trinajstić information content (AvgIpc) is 3.05. The molecule has 0 aliphatic heterocycles. The van der Waals surface area contributed by atoms with Gasteiger partial charge >= 0.3 is 0 Å². The Morgan fingerprint density at radius 1 is 1.15 bits per heavy atom. The van der Waals surface area contributed by atoms with Crippen molar-refractivity contribution >= 4 is 34.1 Å². The molecule has 4 rings (SSSR count). The summed E-state index contributed by atoms with van der Waals surface area (Å²) >= 11 is 0. The van der Waals surface area contributed by atoms with Gasteiger partial charge in [-0.05, 0) is 24.3 Å². The number of ether oxygens (including phenoxy) is 1. The van der Waals surface area contributed by atoms with Crippen LogP contribution in [0.4, 0.5) is 11.4 Å². The fourth-order valence-corrected chi connectivity index (χ4v) is 2.72. The zero-order valence-corrected chi connectivity index (χ0v) is 14.2. The van der Waals surface area contributed by atoms with Gasteiger partial charge in [-0.1, -0.05) is 0 Å². The molecule has 0 spiro atoms. The largest absolute Gasteiger partial charge is 0.497 e. The van der Waals surface area contributed by atoms with Gasteiger partial charge in [-0.15, -0.1) is 0 Å². The van der Waals surface area contributed by atoms with Crippen LogP contribution in [-0.2, 0) is 0 Å². The van der Waals surface area contributed by atoms with Crippen molar-refractivity contribution in [2.75, 3.05) is 24.8 Å². The molecular weight excluding hydrogens is 332 g/mol. The molecule has 0 bridgehead atoms. The maximum atomic E-state index is 12.6. The summed E-state index contributed by atoms with van der Waals surface area (Å²) in [7, 11) is 3.37. The van der Waals surface area contributed by atoms with Gasteiger partial charge in [-0.2, -0.15) is 0 Å². The van der Waals surface area contributed by atoms with Gasteiger partial charge in [0.2, 0.25) is 5.78 Å². The smallest absolute Gasteiger partial charge is 0.274 e. The standard InChI is InChI=1S/C18H16N6O2/c1-19-15-10-20-7-5-12(15)21-17(25)13-6-8-24-16-4-3-11(26-2)9-14(16)23-18(24)22-13/h3-10,19H,1-2H3,(H,20,21,25). The Morgan fingerprint density at radius 3 is 2.85 bits per heavy atom. The van der Waals surface area contributed by atoms with E-state index in [0.29, 0.717) is 11.5 Å². The van der Waals surface area contributed by atoms with E-state index in [1.165, 1.54) is 0 Å². The summed E-state index contributed by atoms with van der Waals surface area (Å²) in [5, 5.41) is 5.82. The van der Waals surface area contributed by atoms with Crippen LogP contribution in [0, 0.1) is 0 Å². The maximum Gasteiger partial charge on any atom is 0.274 e. The number of benzene rings is 1. The Labute approximate surface area is 148 Å². The van der Waals surface area contributed by atoms with Crippen molar-refractivity contribution in [1.29, 1.82) is 0 Å². The number of methoxy groups -OCH3 is 1. The van der Waals surface area contributed by atoms with Gasteiger partial charge in [0.25, 0.3) is 5.91 Å². The first-order chi connectivity index (χ1) is 12.7. The number of amides is 1. The molecule has 0 aliphatic rings. The highest BCUT2D eigenvalue weighted by molar-refractivity contribution is 6.04.